The van der Waals surface area contributed by atoms with Crippen LogP contribution in [-0.2, 0) is 0 Å². The molecule has 144 valence electrons. The number of piperazine rings is 1. The van der Waals surface area contributed by atoms with E-state index in [1.54, 1.807) is 24.4 Å². The molecule has 7 nitrogen and oxygen atoms in total. The number of nitrogens with zero attached hydrogens (tertiary/aromatic N) is 4. The van der Waals surface area contributed by atoms with Crippen LogP contribution in [0.4, 0.5) is 11.5 Å². The van der Waals surface area contributed by atoms with Crippen molar-refractivity contribution in [2.45, 2.75) is 0 Å². The number of carbonyl (C=O) groups excluding carboxylic acids is 1. The molecule has 4 rings (SSSR count). The first-order valence-corrected chi connectivity index (χ1v) is 9.40. The number of carbonyl (C=O) groups is 1. The predicted molar refractivity (Wildman–Crippen MR) is 109 cm³/mol. The van der Waals surface area contributed by atoms with Gasteiger partial charge in [0.1, 0.15) is 5.82 Å². The maximum atomic E-state index is 12.4. The molecule has 1 aliphatic rings. The first-order chi connectivity index (χ1) is 13.6. The van der Waals surface area contributed by atoms with E-state index in [4.69, 9.17) is 16.1 Å². The van der Waals surface area contributed by atoms with Crippen LogP contribution >= 0.6 is 11.6 Å². The largest absolute Gasteiger partial charge is 0.355 e. The van der Waals surface area contributed by atoms with Gasteiger partial charge in [0, 0.05) is 42.8 Å². The molecule has 28 heavy (non-hydrogen) atoms. The van der Waals surface area contributed by atoms with Crippen molar-refractivity contribution in [1.29, 1.82) is 0 Å². The minimum Gasteiger partial charge on any atom is -0.355 e. The third-order valence-electron chi connectivity index (χ3n) is 4.68. The number of nitrogens with one attached hydrogen (secondary N) is 1. The molecule has 0 saturated carbocycles. The lowest BCUT2D eigenvalue weighted by Gasteiger charge is -2.33. The quantitative estimate of drug-likeness (QED) is 0.727. The zero-order chi connectivity index (χ0) is 19.5. The highest BCUT2D eigenvalue weighted by Crippen LogP contribution is 2.24. The molecule has 3 aromatic rings. The molecule has 0 spiro atoms. The van der Waals surface area contributed by atoms with Crippen molar-refractivity contribution in [3.8, 4) is 11.3 Å². The van der Waals surface area contributed by atoms with Crippen molar-refractivity contribution < 1.29 is 9.32 Å². The summed E-state index contributed by atoms with van der Waals surface area (Å²) in [5.41, 5.74) is 1.56. The highest BCUT2D eigenvalue weighted by Gasteiger charge is 2.17. The van der Waals surface area contributed by atoms with Crippen LogP contribution in [-0.4, -0.2) is 54.2 Å². The lowest BCUT2D eigenvalue weighted by atomic mass is 10.1. The Morgan fingerprint density at radius 1 is 1.14 bits per heavy atom. The summed E-state index contributed by atoms with van der Waals surface area (Å²) in [6.45, 7) is 3.92. The Morgan fingerprint density at radius 2 is 1.96 bits per heavy atom. The molecule has 1 aromatic carbocycles. The lowest BCUT2D eigenvalue weighted by molar-refractivity contribution is 0.101. The fourth-order valence-electron chi connectivity index (χ4n) is 3.04. The van der Waals surface area contributed by atoms with E-state index in [1.807, 2.05) is 24.3 Å². The van der Waals surface area contributed by atoms with E-state index in [-0.39, 0.29) is 11.6 Å². The van der Waals surface area contributed by atoms with Gasteiger partial charge in [-0.3, -0.25) is 4.79 Å². The number of hydrogen-bond acceptors (Lipinski definition) is 6. The smallest absolute Gasteiger partial charge is 0.277 e. The van der Waals surface area contributed by atoms with Crippen LogP contribution in [0.15, 0.2) is 53.2 Å². The van der Waals surface area contributed by atoms with E-state index in [2.05, 4.69) is 32.3 Å². The number of benzene rings is 1. The third-order valence-corrected chi connectivity index (χ3v) is 4.92. The van der Waals surface area contributed by atoms with Gasteiger partial charge >= 0.3 is 0 Å². The van der Waals surface area contributed by atoms with Gasteiger partial charge in [-0.2, -0.15) is 0 Å². The highest BCUT2D eigenvalue weighted by molar-refractivity contribution is 6.30. The average Bonchev–Trinajstić information content (AvgIpc) is 3.20. The van der Waals surface area contributed by atoms with Gasteiger partial charge in [0.05, 0.1) is 11.9 Å². The first-order valence-electron chi connectivity index (χ1n) is 9.02. The van der Waals surface area contributed by atoms with Crippen molar-refractivity contribution in [1.82, 2.24) is 15.0 Å². The van der Waals surface area contributed by atoms with E-state index < -0.39 is 0 Å². The van der Waals surface area contributed by atoms with Gasteiger partial charge in [0.25, 0.3) is 5.91 Å². The average molecular weight is 398 g/mol. The monoisotopic (exact) mass is 397 g/mol. The summed E-state index contributed by atoms with van der Waals surface area (Å²) in [5.74, 6) is 1.04. The van der Waals surface area contributed by atoms with Crippen LogP contribution < -0.4 is 10.2 Å². The van der Waals surface area contributed by atoms with Crippen molar-refractivity contribution in [3.05, 3.63) is 59.4 Å². The molecule has 0 atom stereocenters. The van der Waals surface area contributed by atoms with Crippen molar-refractivity contribution in [2.75, 3.05) is 43.4 Å². The summed E-state index contributed by atoms with van der Waals surface area (Å²) in [6.07, 6.45) is 1.66. The van der Waals surface area contributed by atoms with Gasteiger partial charge in [-0.05, 0) is 31.3 Å². The maximum Gasteiger partial charge on any atom is 0.277 e. The zero-order valence-corrected chi connectivity index (χ0v) is 16.2. The van der Waals surface area contributed by atoms with Crippen LogP contribution in [0.5, 0.6) is 0 Å². The molecule has 1 saturated heterocycles. The number of likely N-dealkylation sites (N-methyl/N-ethyl adjacent to an activating group) is 1. The minimum absolute atomic E-state index is 0.193. The minimum atomic E-state index is -0.355. The van der Waals surface area contributed by atoms with Gasteiger partial charge in [-0.15, -0.1) is 0 Å². The molecule has 1 amide bonds. The predicted octanol–water partition coefficient (Wildman–Crippen LogP) is 3.39. The normalized spacial score (nSPS) is 14.9. The van der Waals surface area contributed by atoms with Gasteiger partial charge in [-0.25, -0.2) is 4.98 Å². The third kappa shape index (κ3) is 4.16. The summed E-state index contributed by atoms with van der Waals surface area (Å²) in [4.78, 5) is 21.4. The molecule has 0 aliphatic carbocycles. The van der Waals surface area contributed by atoms with Crippen molar-refractivity contribution >= 4 is 29.0 Å². The summed E-state index contributed by atoms with van der Waals surface area (Å²) < 4.78 is 5.28. The van der Waals surface area contributed by atoms with Gasteiger partial charge in [0.2, 0.25) is 0 Å². The topological polar surface area (TPSA) is 74.5 Å². The highest BCUT2D eigenvalue weighted by atomic mass is 35.5. The van der Waals surface area contributed by atoms with Gasteiger partial charge in [-0.1, -0.05) is 28.9 Å². The second kappa shape index (κ2) is 8.00. The Bertz CT molecular complexity index is 965. The second-order valence-electron chi connectivity index (χ2n) is 6.74. The molecular formula is C20H20ClN5O2. The van der Waals surface area contributed by atoms with E-state index in [0.29, 0.717) is 16.5 Å². The number of hydrogen-bond donors (Lipinski definition) is 1. The lowest BCUT2D eigenvalue weighted by Crippen LogP contribution is -2.44. The fourth-order valence-corrected chi connectivity index (χ4v) is 3.23. The van der Waals surface area contributed by atoms with Crippen LogP contribution in [0.1, 0.15) is 10.5 Å². The molecule has 1 fully saturated rings. The summed E-state index contributed by atoms with van der Waals surface area (Å²) in [6, 6.07) is 12.5. The molecule has 0 unspecified atom stereocenters. The maximum absolute atomic E-state index is 12.4. The van der Waals surface area contributed by atoms with E-state index >= 15 is 0 Å². The Kier molecular flexibility index (Phi) is 5.27. The Labute approximate surface area is 167 Å². The van der Waals surface area contributed by atoms with E-state index in [0.717, 1.165) is 37.6 Å². The molecule has 8 heteroatoms. The van der Waals surface area contributed by atoms with Crippen LogP contribution in [0.2, 0.25) is 5.02 Å². The Morgan fingerprint density at radius 3 is 2.68 bits per heavy atom. The first kappa shape index (κ1) is 18.5. The van der Waals surface area contributed by atoms with E-state index in [1.165, 1.54) is 0 Å². The molecule has 3 heterocycles. The van der Waals surface area contributed by atoms with Gasteiger partial charge in [0.15, 0.2) is 11.5 Å². The molecule has 0 radical (unpaired) electrons. The van der Waals surface area contributed by atoms with Gasteiger partial charge < -0.3 is 19.6 Å². The van der Waals surface area contributed by atoms with E-state index in [9.17, 15) is 4.79 Å². The summed E-state index contributed by atoms with van der Waals surface area (Å²) in [7, 11) is 2.12. The Balaban J connectivity index is 1.41. The number of aromatic nitrogens is 2. The molecular weight excluding hydrogens is 378 g/mol. The van der Waals surface area contributed by atoms with Crippen molar-refractivity contribution in [2.24, 2.45) is 0 Å². The van der Waals surface area contributed by atoms with Crippen LogP contribution in [0, 0.1) is 0 Å². The number of pyridine rings is 1. The molecule has 1 N–H and O–H groups in total. The second-order valence-corrected chi connectivity index (χ2v) is 7.17. The Hall–Kier alpha value is -2.90. The van der Waals surface area contributed by atoms with Crippen molar-refractivity contribution in [3.63, 3.8) is 0 Å². The SMILES string of the molecule is CN1CCN(c2ccc(NC(=O)c3cc(-c4cccc(Cl)c4)on3)cn2)CC1. The summed E-state index contributed by atoms with van der Waals surface area (Å²) >= 11 is 5.99. The number of halogens is 1. The number of anilines is 2. The number of rotatable bonds is 4. The van der Waals surface area contributed by atoms with Crippen LogP contribution in [0.3, 0.4) is 0 Å². The standard InChI is InChI=1S/C20H20ClN5O2/c1-25-7-9-26(10-8-25)19-6-5-16(13-22-19)23-20(27)17-12-18(28-24-17)14-3-2-4-15(21)11-14/h2-6,11-13H,7-10H2,1H3,(H,23,27). The molecule has 0 bridgehead atoms. The fraction of sp³-hybridized carbons (Fsp3) is 0.250. The van der Waals surface area contributed by atoms with Crippen LogP contribution in [0.25, 0.3) is 11.3 Å². The molecule has 2 aromatic heterocycles. The zero-order valence-electron chi connectivity index (χ0n) is 15.4. The number of amides is 1. The summed E-state index contributed by atoms with van der Waals surface area (Å²) in [5, 5.41) is 7.24. The molecule has 1 aliphatic heterocycles.